The molecule has 0 aromatic carbocycles. The second kappa shape index (κ2) is 54.0. The van der Waals surface area contributed by atoms with E-state index in [9.17, 15) is 24.3 Å². The van der Waals surface area contributed by atoms with Gasteiger partial charge in [-0.25, -0.2) is 4.79 Å². The highest BCUT2D eigenvalue weighted by molar-refractivity contribution is 8.00. The van der Waals surface area contributed by atoms with Gasteiger partial charge in [0.2, 0.25) is 5.91 Å². The van der Waals surface area contributed by atoms with Gasteiger partial charge in [-0.2, -0.15) is 0 Å². The van der Waals surface area contributed by atoms with Crippen LogP contribution < -0.4 is 5.32 Å². The fourth-order valence-electron chi connectivity index (χ4n) is 9.30. The van der Waals surface area contributed by atoms with Gasteiger partial charge in [-0.1, -0.05) is 290 Å². The first-order valence-electron chi connectivity index (χ1n) is 30.3. The van der Waals surface area contributed by atoms with E-state index in [1.165, 1.54) is 243 Å². The Morgan fingerprint density at radius 2 is 0.609 bits per heavy atom. The Bertz CT molecular complexity index is 1090. The van der Waals surface area contributed by atoms with Gasteiger partial charge in [-0.05, 0) is 26.2 Å². The zero-order valence-corrected chi connectivity index (χ0v) is 47.0. The molecule has 0 saturated heterocycles. The lowest BCUT2D eigenvalue weighted by Gasteiger charge is -2.25. The highest BCUT2D eigenvalue weighted by atomic mass is 32.2. The highest BCUT2D eigenvalue weighted by Gasteiger charge is 2.29. The third-order valence-electron chi connectivity index (χ3n) is 14.0. The van der Waals surface area contributed by atoms with E-state index in [2.05, 4.69) is 26.1 Å². The fraction of sp³-hybridized carbons (Fsp3) is 0.933. The average Bonchev–Trinajstić information content (AvgIpc) is 3.33. The van der Waals surface area contributed by atoms with Crippen molar-refractivity contribution in [3.8, 4) is 0 Å². The fourth-order valence-corrected chi connectivity index (χ4v) is 10.3. The van der Waals surface area contributed by atoms with Crippen LogP contribution in [0.3, 0.4) is 0 Å². The number of aliphatic carboxylic acids is 1. The molecule has 0 aromatic rings. The van der Waals surface area contributed by atoms with Crippen LogP contribution >= 0.6 is 11.8 Å². The first-order chi connectivity index (χ1) is 33.7. The summed E-state index contributed by atoms with van der Waals surface area (Å²) in [5.74, 6) is -2.08. The molecule has 0 spiro atoms. The van der Waals surface area contributed by atoms with Crippen LogP contribution in [0.15, 0.2) is 0 Å². The zero-order valence-electron chi connectivity index (χ0n) is 46.2. The van der Waals surface area contributed by atoms with Crippen LogP contribution in [0, 0.1) is 0 Å². The normalized spacial score (nSPS) is 12.4. The molecule has 1 unspecified atom stereocenters. The summed E-state index contributed by atoms with van der Waals surface area (Å²) in [6.07, 6.45) is 55.8. The van der Waals surface area contributed by atoms with Crippen molar-refractivity contribution in [3.05, 3.63) is 0 Å². The maximum atomic E-state index is 13.1. The number of nitrogens with one attached hydrogen (secondary N) is 1. The van der Waals surface area contributed by atoms with Crippen molar-refractivity contribution in [1.29, 1.82) is 0 Å². The van der Waals surface area contributed by atoms with Gasteiger partial charge in [0.05, 0.1) is 5.25 Å². The minimum absolute atomic E-state index is 0.0742. The van der Waals surface area contributed by atoms with Crippen molar-refractivity contribution in [1.82, 2.24) is 5.32 Å². The highest BCUT2D eigenvalue weighted by Crippen LogP contribution is 2.23. The number of carbonyl (C=O) groups is 4. The molecule has 0 heterocycles. The monoisotopic (exact) mass is 994 g/mol. The van der Waals surface area contributed by atoms with E-state index in [-0.39, 0.29) is 24.5 Å². The van der Waals surface area contributed by atoms with Crippen molar-refractivity contribution in [2.24, 2.45) is 0 Å². The van der Waals surface area contributed by atoms with Crippen LogP contribution in [0.25, 0.3) is 0 Å². The maximum absolute atomic E-state index is 13.1. The molecule has 2 atom stereocenters. The largest absolute Gasteiger partial charge is 0.480 e. The smallest absolute Gasteiger partial charge is 0.327 e. The number of ether oxygens (including phenoxy) is 2. The van der Waals surface area contributed by atoms with Crippen molar-refractivity contribution in [2.75, 3.05) is 5.75 Å². The molecule has 0 aliphatic carbocycles. The predicted molar refractivity (Wildman–Crippen MR) is 296 cm³/mol. The van der Waals surface area contributed by atoms with Gasteiger partial charge in [0, 0.05) is 25.0 Å². The number of thioether (sulfide) groups is 1. The Kier molecular flexibility index (Phi) is 52.6. The van der Waals surface area contributed by atoms with E-state index in [1.807, 2.05) is 0 Å². The van der Waals surface area contributed by atoms with Crippen LogP contribution in [0.2, 0.25) is 0 Å². The number of amides is 1. The van der Waals surface area contributed by atoms with Crippen molar-refractivity contribution >= 4 is 35.6 Å². The van der Waals surface area contributed by atoms with Crippen LogP contribution in [0.5, 0.6) is 0 Å². The molecule has 0 aliphatic heterocycles. The number of carbonyl (C=O) groups excluding carboxylic acids is 3. The summed E-state index contributed by atoms with van der Waals surface area (Å²) >= 11 is 1.24. The molecule has 9 heteroatoms. The van der Waals surface area contributed by atoms with Gasteiger partial charge in [0.15, 0.2) is 0 Å². The molecule has 0 fully saturated rings. The molecule has 0 aromatic heterocycles. The van der Waals surface area contributed by atoms with Gasteiger partial charge in [0.1, 0.15) is 6.04 Å². The summed E-state index contributed by atoms with van der Waals surface area (Å²) in [7, 11) is 0. The van der Waals surface area contributed by atoms with Gasteiger partial charge < -0.3 is 19.9 Å². The first kappa shape index (κ1) is 67.2. The van der Waals surface area contributed by atoms with Crippen LogP contribution in [0.1, 0.15) is 336 Å². The van der Waals surface area contributed by atoms with E-state index < -0.39 is 35.5 Å². The lowest BCUT2D eigenvalue weighted by molar-refractivity contribution is -0.187. The molecule has 408 valence electrons. The summed E-state index contributed by atoms with van der Waals surface area (Å²) in [6.45, 7) is 8.60. The predicted octanol–water partition coefficient (Wildman–Crippen LogP) is 18.9. The maximum Gasteiger partial charge on any atom is 0.327 e. The number of hydrogen-bond acceptors (Lipinski definition) is 7. The molecule has 8 nitrogen and oxygen atoms in total. The quantitative estimate of drug-likeness (QED) is 0.0351. The van der Waals surface area contributed by atoms with Crippen LogP contribution in [0.4, 0.5) is 0 Å². The number of rotatable bonds is 56. The van der Waals surface area contributed by atoms with Gasteiger partial charge in [0.25, 0.3) is 6.29 Å². The number of unbranched alkanes of at least 4 members (excludes halogenated alkanes) is 42. The molecule has 0 radical (unpaired) electrons. The standard InChI is InChI=1S/C60H115NO7S/c1-5-8-11-14-17-20-23-26-29-32-35-38-41-44-47-50-56(62)61-55(59(65)66)53-69-54(4)60(67-57(63)51-48-45-42-39-36-33-30-27-24-21-18-15-12-9-6-2)68-58(64)52-49-46-43-40-37-34-31-28-25-22-19-16-13-10-7-3/h54-55,60H,5-53H2,1-4H3,(H,61,62)(H,65,66)/t54?,55-/m0/s1. The van der Waals surface area contributed by atoms with Crippen molar-refractivity contribution < 1.29 is 33.8 Å². The third kappa shape index (κ3) is 49.6. The van der Waals surface area contributed by atoms with E-state index in [1.54, 1.807) is 6.92 Å². The molecule has 2 N–H and O–H groups in total. The number of carboxylic acid groups (broad SMARTS) is 1. The Labute approximate surface area is 432 Å². The van der Waals surface area contributed by atoms with Crippen molar-refractivity contribution in [3.63, 3.8) is 0 Å². The summed E-state index contributed by atoms with van der Waals surface area (Å²) in [5, 5.41) is 12.2. The van der Waals surface area contributed by atoms with Gasteiger partial charge in [-0.15, -0.1) is 11.8 Å². The number of hydrogen-bond donors (Lipinski definition) is 2. The SMILES string of the molecule is CCCCCCCCCCCCCCCCCC(=O)N[C@@H](CSC(C)C(OC(=O)CCCCCCCCCCCCCCCCC)OC(=O)CCCCCCCCCCCCCCCCC)C(=O)O. The van der Waals surface area contributed by atoms with E-state index in [0.717, 1.165) is 57.8 Å². The number of esters is 2. The van der Waals surface area contributed by atoms with Crippen LogP contribution in [-0.4, -0.2) is 52.3 Å². The summed E-state index contributed by atoms with van der Waals surface area (Å²) in [6, 6.07) is -1.09. The summed E-state index contributed by atoms with van der Waals surface area (Å²) in [5.41, 5.74) is 0. The Hall–Kier alpha value is -1.77. The minimum Gasteiger partial charge on any atom is -0.480 e. The Morgan fingerprint density at radius 1 is 0.377 bits per heavy atom. The second-order valence-corrected chi connectivity index (χ2v) is 22.4. The molecule has 1 amide bonds. The van der Waals surface area contributed by atoms with Gasteiger partial charge in [-0.3, -0.25) is 14.4 Å². The second-order valence-electron chi connectivity index (χ2n) is 20.9. The minimum atomic E-state index is -1.12. The zero-order chi connectivity index (χ0) is 50.5. The first-order valence-corrected chi connectivity index (χ1v) is 31.3. The Morgan fingerprint density at radius 3 is 0.855 bits per heavy atom. The Balaban J connectivity index is 4.69. The lowest BCUT2D eigenvalue weighted by Crippen LogP contribution is -2.43. The molecule has 69 heavy (non-hydrogen) atoms. The summed E-state index contributed by atoms with van der Waals surface area (Å²) < 4.78 is 11.6. The topological polar surface area (TPSA) is 119 Å². The van der Waals surface area contributed by atoms with Gasteiger partial charge >= 0.3 is 17.9 Å². The molecule has 0 rings (SSSR count). The molecule has 0 saturated carbocycles. The molecule has 0 bridgehead atoms. The molecule has 0 aliphatic rings. The summed E-state index contributed by atoms with van der Waals surface area (Å²) in [4.78, 5) is 51.2. The van der Waals surface area contributed by atoms with E-state index >= 15 is 0 Å². The average molecular weight is 995 g/mol. The van der Waals surface area contributed by atoms with Crippen LogP contribution in [-0.2, 0) is 28.7 Å². The van der Waals surface area contributed by atoms with E-state index in [0.29, 0.717) is 6.42 Å². The molecular weight excluding hydrogens is 879 g/mol. The third-order valence-corrected chi connectivity index (χ3v) is 15.3. The molecular formula is C60H115NO7S. The lowest BCUT2D eigenvalue weighted by atomic mass is 10.0. The van der Waals surface area contributed by atoms with E-state index in [4.69, 9.17) is 9.47 Å². The number of carboxylic acids is 1. The van der Waals surface area contributed by atoms with Crippen molar-refractivity contribution in [2.45, 2.75) is 353 Å².